The summed E-state index contributed by atoms with van der Waals surface area (Å²) in [7, 11) is -1.61. The highest BCUT2D eigenvalue weighted by molar-refractivity contribution is 7.91. The number of amides is 1. The number of aromatic amines is 1. The van der Waals surface area contributed by atoms with E-state index in [-0.39, 0.29) is 23.0 Å². The third-order valence-electron chi connectivity index (χ3n) is 4.73. The van der Waals surface area contributed by atoms with Crippen LogP contribution in [0.1, 0.15) is 52.4 Å². The molecule has 0 bridgehead atoms. The highest BCUT2D eigenvalue weighted by Gasteiger charge is 2.35. The number of carbonyl (C=O) groups excluding carboxylic acids is 3. The first-order valence-corrected chi connectivity index (χ1v) is 10.1. The van der Waals surface area contributed by atoms with Crippen LogP contribution in [0.25, 0.3) is 0 Å². The Balaban J connectivity index is 2.08. The van der Waals surface area contributed by atoms with Crippen LogP contribution in [0.15, 0.2) is 0 Å². The number of hydrogen-bond acceptors (Lipinski definition) is 6. The van der Waals surface area contributed by atoms with Crippen LogP contribution in [0, 0.1) is 13.8 Å². The van der Waals surface area contributed by atoms with E-state index in [9.17, 15) is 22.8 Å². The fourth-order valence-corrected chi connectivity index (χ4v) is 5.07. The number of Topliss-reactive ketones (excluding diaryl/α,β-unsaturated/α-hetero) is 1. The number of hydrogen-bond donors (Lipinski definition) is 1. The maximum absolute atomic E-state index is 12.5. The number of aryl methyl sites for hydroxylation is 1. The van der Waals surface area contributed by atoms with E-state index in [1.54, 1.807) is 13.8 Å². The molecule has 0 saturated carbocycles. The van der Waals surface area contributed by atoms with Crippen molar-refractivity contribution in [3.63, 3.8) is 0 Å². The highest BCUT2D eigenvalue weighted by atomic mass is 32.2. The molecule has 1 aliphatic heterocycles. The molecule has 0 radical (unpaired) electrons. The molecule has 1 fully saturated rings. The molecule has 1 saturated heterocycles. The number of sulfone groups is 1. The highest BCUT2D eigenvalue weighted by Crippen LogP contribution is 2.21. The van der Waals surface area contributed by atoms with Crippen LogP contribution >= 0.6 is 0 Å². The molecular formula is C17H24N2O6S. The Morgan fingerprint density at radius 1 is 1.27 bits per heavy atom. The first-order chi connectivity index (χ1) is 11.9. The number of esters is 1. The van der Waals surface area contributed by atoms with Crippen LogP contribution in [0.4, 0.5) is 0 Å². The van der Waals surface area contributed by atoms with E-state index in [2.05, 4.69) is 4.98 Å². The van der Waals surface area contributed by atoms with Crippen LogP contribution < -0.4 is 0 Å². The lowest BCUT2D eigenvalue weighted by Crippen LogP contribution is -2.44. The number of ketones is 1. The number of nitrogens with zero attached hydrogens (tertiary/aromatic N) is 1. The molecule has 1 aliphatic rings. The average Bonchev–Trinajstić information content (AvgIpc) is 3.04. The maximum atomic E-state index is 12.5. The number of likely N-dealkylation sites (N-methyl/N-ethyl adjacent to an activating group) is 1. The van der Waals surface area contributed by atoms with Crippen molar-refractivity contribution in [2.24, 2.45) is 0 Å². The summed E-state index contributed by atoms with van der Waals surface area (Å²) in [5.74, 6) is -1.38. The van der Waals surface area contributed by atoms with Crippen molar-refractivity contribution in [1.29, 1.82) is 0 Å². The van der Waals surface area contributed by atoms with Crippen LogP contribution in [0.3, 0.4) is 0 Å². The number of rotatable bonds is 5. The van der Waals surface area contributed by atoms with E-state index in [1.807, 2.05) is 0 Å². The van der Waals surface area contributed by atoms with E-state index >= 15 is 0 Å². The van der Waals surface area contributed by atoms with E-state index in [1.165, 1.54) is 25.8 Å². The summed E-state index contributed by atoms with van der Waals surface area (Å²) < 4.78 is 28.4. The molecule has 26 heavy (non-hydrogen) atoms. The van der Waals surface area contributed by atoms with Gasteiger partial charge in [0.1, 0.15) is 5.69 Å². The molecule has 2 heterocycles. The van der Waals surface area contributed by atoms with Crippen LogP contribution in [0.5, 0.6) is 0 Å². The normalized spacial score (nSPS) is 19.8. The van der Waals surface area contributed by atoms with Gasteiger partial charge in [-0.3, -0.25) is 9.59 Å². The van der Waals surface area contributed by atoms with Crippen molar-refractivity contribution in [2.45, 2.75) is 46.3 Å². The third-order valence-corrected chi connectivity index (χ3v) is 6.48. The fraction of sp³-hybridized carbons (Fsp3) is 0.588. The summed E-state index contributed by atoms with van der Waals surface area (Å²) in [6.45, 7) is 6.18. The number of H-pyrrole nitrogens is 1. The van der Waals surface area contributed by atoms with E-state index < -0.39 is 33.9 Å². The predicted molar refractivity (Wildman–Crippen MR) is 95.0 cm³/mol. The molecule has 2 rings (SSSR count). The Bertz CT molecular complexity index is 855. The second-order valence-corrected chi connectivity index (χ2v) is 8.96. The summed E-state index contributed by atoms with van der Waals surface area (Å²) in [5, 5.41) is 0. The molecule has 0 aliphatic carbocycles. The SMILES string of the molecule is CC(=O)c1c(C)[nH]c(C(=O)O[C@@H](C)C(=O)N(C)[C@@H]2CCS(=O)(=O)C2)c1C. The van der Waals surface area contributed by atoms with E-state index in [0.717, 1.165) is 0 Å². The molecule has 1 amide bonds. The van der Waals surface area contributed by atoms with Crippen LogP contribution in [-0.4, -0.2) is 66.7 Å². The molecule has 9 heteroatoms. The Labute approximate surface area is 152 Å². The Morgan fingerprint density at radius 2 is 1.88 bits per heavy atom. The van der Waals surface area contributed by atoms with Gasteiger partial charge in [0.05, 0.1) is 11.5 Å². The number of aromatic nitrogens is 1. The topological polar surface area (TPSA) is 114 Å². The summed E-state index contributed by atoms with van der Waals surface area (Å²) in [4.78, 5) is 40.7. The van der Waals surface area contributed by atoms with Crippen molar-refractivity contribution in [3.05, 3.63) is 22.5 Å². The Kier molecular flexibility index (Phi) is 5.60. The zero-order chi connectivity index (χ0) is 19.8. The van der Waals surface area contributed by atoms with Crippen molar-refractivity contribution in [3.8, 4) is 0 Å². The summed E-state index contributed by atoms with van der Waals surface area (Å²) in [6.07, 6.45) is -0.693. The molecule has 2 atom stereocenters. The zero-order valence-corrected chi connectivity index (χ0v) is 16.4. The van der Waals surface area contributed by atoms with Gasteiger partial charge in [-0.05, 0) is 39.7 Å². The molecular weight excluding hydrogens is 360 g/mol. The minimum atomic E-state index is -3.12. The third kappa shape index (κ3) is 3.98. The molecule has 0 unspecified atom stereocenters. The van der Waals surface area contributed by atoms with Crippen LogP contribution in [-0.2, 0) is 19.4 Å². The van der Waals surface area contributed by atoms with Gasteiger partial charge in [0.2, 0.25) is 0 Å². The van der Waals surface area contributed by atoms with Gasteiger partial charge in [-0.2, -0.15) is 0 Å². The lowest BCUT2D eigenvalue weighted by atomic mass is 10.1. The van der Waals surface area contributed by atoms with Gasteiger partial charge in [-0.25, -0.2) is 13.2 Å². The molecule has 1 aromatic rings. The first kappa shape index (κ1) is 20.2. The van der Waals surface area contributed by atoms with E-state index in [4.69, 9.17) is 4.74 Å². The summed E-state index contributed by atoms with van der Waals surface area (Å²) in [6, 6.07) is -0.410. The Hall–Kier alpha value is -2.16. The lowest BCUT2D eigenvalue weighted by molar-refractivity contribution is -0.140. The summed E-state index contributed by atoms with van der Waals surface area (Å²) >= 11 is 0. The smallest absolute Gasteiger partial charge is 0.355 e. The first-order valence-electron chi connectivity index (χ1n) is 8.32. The van der Waals surface area contributed by atoms with Gasteiger partial charge in [0, 0.05) is 24.3 Å². The second-order valence-electron chi connectivity index (χ2n) is 6.73. The van der Waals surface area contributed by atoms with Crippen molar-refractivity contribution >= 4 is 27.5 Å². The van der Waals surface area contributed by atoms with Gasteiger partial charge in [-0.15, -0.1) is 0 Å². The standard InChI is InChI=1S/C17H24N2O6S/c1-9-14(11(3)20)10(2)18-15(9)17(22)25-12(4)16(21)19(5)13-6-7-26(23,24)8-13/h12-13,18H,6-8H2,1-5H3/t12-,13+/m0/s1. The summed E-state index contributed by atoms with van der Waals surface area (Å²) in [5.41, 5.74) is 1.62. The molecule has 1 aromatic heterocycles. The van der Waals surface area contributed by atoms with Gasteiger partial charge in [0.15, 0.2) is 21.7 Å². The number of nitrogens with one attached hydrogen (secondary N) is 1. The molecule has 144 valence electrons. The Morgan fingerprint density at radius 3 is 2.35 bits per heavy atom. The van der Waals surface area contributed by atoms with Gasteiger partial charge in [0.25, 0.3) is 5.91 Å². The molecule has 1 N–H and O–H groups in total. The van der Waals surface area contributed by atoms with E-state index in [0.29, 0.717) is 23.2 Å². The fourth-order valence-electron chi connectivity index (χ4n) is 3.30. The average molecular weight is 384 g/mol. The van der Waals surface area contributed by atoms with Crippen molar-refractivity contribution < 1.29 is 27.5 Å². The predicted octanol–water partition coefficient (Wildman–Crippen LogP) is 1.02. The monoisotopic (exact) mass is 384 g/mol. The quantitative estimate of drug-likeness (QED) is 0.599. The van der Waals surface area contributed by atoms with Gasteiger partial charge >= 0.3 is 5.97 Å². The molecule has 8 nitrogen and oxygen atoms in total. The molecule has 0 spiro atoms. The zero-order valence-electron chi connectivity index (χ0n) is 15.6. The second kappa shape index (κ2) is 7.22. The van der Waals surface area contributed by atoms with Crippen molar-refractivity contribution in [2.75, 3.05) is 18.6 Å². The van der Waals surface area contributed by atoms with Gasteiger partial charge < -0.3 is 14.6 Å². The number of ether oxygens (including phenoxy) is 1. The maximum Gasteiger partial charge on any atom is 0.355 e. The van der Waals surface area contributed by atoms with Crippen LogP contribution in [0.2, 0.25) is 0 Å². The van der Waals surface area contributed by atoms with Crippen molar-refractivity contribution in [1.82, 2.24) is 9.88 Å². The molecule has 0 aromatic carbocycles. The van der Waals surface area contributed by atoms with Gasteiger partial charge in [-0.1, -0.05) is 0 Å². The number of carbonyl (C=O) groups is 3. The minimum Gasteiger partial charge on any atom is -0.448 e. The minimum absolute atomic E-state index is 0.0538. The largest absolute Gasteiger partial charge is 0.448 e. The lowest BCUT2D eigenvalue weighted by Gasteiger charge is -2.26.